The fourth-order valence-corrected chi connectivity index (χ4v) is 7.44. The van der Waals surface area contributed by atoms with Crippen molar-refractivity contribution in [3.63, 3.8) is 0 Å². The maximum absolute atomic E-state index is 14.2. The van der Waals surface area contributed by atoms with Crippen molar-refractivity contribution in [2.75, 3.05) is 6.54 Å². The smallest absolute Gasteiger partial charge is 0.240 e. The highest BCUT2D eigenvalue weighted by Gasteiger charge is 2.68. The zero-order valence-electron chi connectivity index (χ0n) is 21.3. The first-order chi connectivity index (χ1) is 18.0. The van der Waals surface area contributed by atoms with E-state index in [0.717, 1.165) is 31.5 Å². The molecule has 5 heteroatoms. The molecule has 0 aromatic heterocycles. The van der Waals surface area contributed by atoms with Crippen molar-refractivity contribution >= 4 is 11.7 Å². The number of fused-ring (bicyclic) bond motifs is 1. The second-order valence-corrected chi connectivity index (χ2v) is 11.1. The van der Waals surface area contributed by atoms with Gasteiger partial charge >= 0.3 is 0 Å². The van der Waals surface area contributed by atoms with Gasteiger partial charge in [-0.3, -0.25) is 19.8 Å². The summed E-state index contributed by atoms with van der Waals surface area (Å²) in [5, 5.41) is 6.93. The molecule has 1 saturated carbocycles. The molecule has 37 heavy (non-hydrogen) atoms. The molecule has 1 unspecified atom stereocenters. The highest BCUT2D eigenvalue weighted by molar-refractivity contribution is 5.91. The number of nitrogens with one attached hydrogen (secondary N) is 2. The number of benzene rings is 3. The molecular weight excluding hydrogens is 458 g/mol. The first kappa shape index (κ1) is 24.1. The van der Waals surface area contributed by atoms with Crippen LogP contribution < -0.4 is 10.6 Å². The third-order valence-electron chi connectivity index (χ3n) is 8.92. The van der Waals surface area contributed by atoms with Crippen molar-refractivity contribution < 1.29 is 9.59 Å². The zero-order chi connectivity index (χ0) is 25.4. The lowest BCUT2D eigenvalue weighted by molar-refractivity contribution is -0.146. The van der Waals surface area contributed by atoms with Crippen LogP contribution in [0.4, 0.5) is 0 Å². The average molecular weight is 494 g/mol. The van der Waals surface area contributed by atoms with Crippen molar-refractivity contribution in [1.29, 1.82) is 0 Å². The fourth-order valence-electron chi connectivity index (χ4n) is 7.44. The van der Waals surface area contributed by atoms with Crippen LogP contribution in [0.3, 0.4) is 0 Å². The van der Waals surface area contributed by atoms with Crippen LogP contribution in [0.1, 0.15) is 30.0 Å². The van der Waals surface area contributed by atoms with E-state index in [2.05, 4.69) is 64.1 Å². The maximum Gasteiger partial charge on any atom is 0.240 e. The number of piperidine rings is 2. The van der Waals surface area contributed by atoms with Gasteiger partial charge in [-0.2, -0.15) is 0 Å². The van der Waals surface area contributed by atoms with Gasteiger partial charge in [-0.1, -0.05) is 91.0 Å². The quantitative estimate of drug-likeness (QED) is 0.498. The Morgan fingerprint density at radius 3 is 2.11 bits per heavy atom. The van der Waals surface area contributed by atoms with Crippen molar-refractivity contribution in [2.45, 2.75) is 50.5 Å². The van der Waals surface area contributed by atoms with E-state index in [1.54, 1.807) is 6.92 Å². The molecule has 3 aliphatic heterocycles. The number of carbonyl (C=O) groups excluding carboxylic acids is 2. The molecule has 2 N–H and O–H groups in total. The normalized spacial score (nSPS) is 30.2. The Kier molecular flexibility index (Phi) is 6.43. The standard InChI is InChI=1S/C32H35N3O2/c1-22(36)29-28-26-18-32(34-29,31(37)33-19-24-13-7-3-8-14-24)27(17-23-11-5-2-6-12-23)30(28)35(21-26)20-25-15-9-4-10-16-25/h2-16,26-30,34H,17-21H2,1H3,(H,33,37)/t26-,27-,28+,29?,30-,32+/m1/s1. The first-order valence-corrected chi connectivity index (χ1v) is 13.5. The topological polar surface area (TPSA) is 61.4 Å². The van der Waals surface area contributed by atoms with Crippen LogP contribution in [-0.2, 0) is 29.1 Å². The first-order valence-electron chi connectivity index (χ1n) is 13.5. The minimum Gasteiger partial charge on any atom is -0.350 e. The average Bonchev–Trinajstić information content (AvgIpc) is 3.23. The third-order valence-corrected chi connectivity index (χ3v) is 8.92. The Bertz CT molecular complexity index is 1250. The van der Waals surface area contributed by atoms with Crippen LogP contribution in [0.25, 0.3) is 0 Å². The van der Waals surface area contributed by atoms with Crippen molar-refractivity contribution in [3.8, 4) is 0 Å². The predicted molar refractivity (Wildman–Crippen MR) is 144 cm³/mol. The molecule has 190 valence electrons. The van der Waals surface area contributed by atoms with E-state index in [1.165, 1.54) is 11.1 Å². The largest absolute Gasteiger partial charge is 0.350 e. The van der Waals surface area contributed by atoms with Gasteiger partial charge in [0.1, 0.15) is 11.3 Å². The van der Waals surface area contributed by atoms with Crippen molar-refractivity contribution in [2.24, 2.45) is 17.8 Å². The van der Waals surface area contributed by atoms with Crippen LogP contribution in [-0.4, -0.2) is 40.8 Å². The molecule has 6 atom stereocenters. The number of amides is 1. The Labute approximate surface area is 219 Å². The third kappa shape index (κ3) is 4.41. The number of rotatable bonds is 8. The molecule has 3 aromatic carbocycles. The van der Waals surface area contributed by atoms with Gasteiger partial charge in [0, 0.05) is 37.5 Å². The van der Waals surface area contributed by atoms with E-state index in [4.69, 9.17) is 0 Å². The maximum atomic E-state index is 14.2. The molecule has 3 aromatic rings. The summed E-state index contributed by atoms with van der Waals surface area (Å²) in [4.78, 5) is 29.7. The summed E-state index contributed by atoms with van der Waals surface area (Å²) >= 11 is 0. The number of hydrogen-bond acceptors (Lipinski definition) is 4. The summed E-state index contributed by atoms with van der Waals surface area (Å²) in [5.74, 6) is 0.767. The predicted octanol–water partition coefficient (Wildman–Crippen LogP) is 3.98. The number of carbonyl (C=O) groups is 2. The molecule has 4 bridgehead atoms. The Balaban J connectivity index is 1.37. The van der Waals surface area contributed by atoms with Crippen LogP contribution in [0.2, 0.25) is 0 Å². The molecule has 3 saturated heterocycles. The highest BCUT2D eigenvalue weighted by atomic mass is 16.2. The number of ketones is 1. The zero-order valence-corrected chi connectivity index (χ0v) is 21.3. The van der Waals surface area contributed by atoms with E-state index in [1.807, 2.05) is 42.5 Å². The van der Waals surface area contributed by atoms with Gasteiger partial charge in [0.25, 0.3) is 0 Å². The minimum absolute atomic E-state index is 0.0262. The van der Waals surface area contributed by atoms with E-state index in [9.17, 15) is 9.59 Å². The second kappa shape index (κ2) is 9.88. The minimum atomic E-state index is -0.781. The molecule has 4 fully saturated rings. The van der Waals surface area contributed by atoms with Crippen molar-refractivity contribution in [3.05, 3.63) is 108 Å². The van der Waals surface area contributed by atoms with Gasteiger partial charge in [-0.15, -0.1) is 0 Å². The molecular formula is C32H35N3O2. The van der Waals surface area contributed by atoms with Crippen LogP contribution in [0.15, 0.2) is 91.0 Å². The van der Waals surface area contributed by atoms with Crippen LogP contribution in [0, 0.1) is 17.8 Å². The number of hydrogen-bond donors (Lipinski definition) is 2. The summed E-state index contributed by atoms with van der Waals surface area (Å²) < 4.78 is 0. The Morgan fingerprint density at radius 2 is 1.49 bits per heavy atom. The molecule has 7 rings (SSSR count). The van der Waals surface area contributed by atoms with E-state index in [0.29, 0.717) is 12.5 Å². The fraction of sp³-hybridized carbons (Fsp3) is 0.375. The molecule has 1 aliphatic carbocycles. The Morgan fingerprint density at radius 1 is 0.892 bits per heavy atom. The lowest BCUT2D eigenvalue weighted by atomic mass is 9.55. The summed E-state index contributed by atoms with van der Waals surface area (Å²) in [6.07, 6.45) is 1.57. The van der Waals surface area contributed by atoms with Gasteiger partial charge in [-0.25, -0.2) is 0 Å². The molecule has 3 heterocycles. The van der Waals surface area contributed by atoms with E-state index in [-0.39, 0.29) is 35.6 Å². The monoisotopic (exact) mass is 493 g/mol. The summed E-state index contributed by atoms with van der Waals surface area (Å²) in [5.41, 5.74) is 2.81. The summed E-state index contributed by atoms with van der Waals surface area (Å²) in [6.45, 7) is 3.93. The second-order valence-electron chi connectivity index (χ2n) is 11.1. The number of Topliss-reactive ketones (excluding diaryl/α,β-unsaturated/α-hetero) is 1. The molecule has 1 amide bonds. The van der Waals surface area contributed by atoms with Gasteiger partial charge < -0.3 is 5.32 Å². The van der Waals surface area contributed by atoms with Gasteiger partial charge in [0.15, 0.2) is 0 Å². The lowest BCUT2D eigenvalue weighted by Crippen LogP contribution is -2.78. The summed E-state index contributed by atoms with van der Waals surface area (Å²) in [6, 6.07) is 31.0. The molecule has 0 spiro atoms. The SMILES string of the molecule is CC(=O)C1N[C@@]2(C(=O)NCc3ccccc3)C[C@@H]3CN(Cc4ccccc4)[C@@H]([C@H]13)[C@H]2Cc1ccccc1. The van der Waals surface area contributed by atoms with Crippen molar-refractivity contribution in [1.82, 2.24) is 15.5 Å². The molecule has 5 nitrogen and oxygen atoms in total. The van der Waals surface area contributed by atoms with E-state index >= 15 is 0 Å². The highest BCUT2D eigenvalue weighted by Crippen LogP contribution is 2.55. The van der Waals surface area contributed by atoms with Gasteiger partial charge in [-0.05, 0) is 42.4 Å². The molecule has 0 radical (unpaired) electrons. The van der Waals surface area contributed by atoms with Gasteiger partial charge in [0.2, 0.25) is 5.91 Å². The van der Waals surface area contributed by atoms with Gasteiger partial charge in [0.05, 0.1) is 6.04 Å². The van der Waals surface area contributed by atoms with E-state index < -0.39 is 5.54 Å². The number of likely N-dealkylation sites (tertiary alicyclic amines) is 1. The lowest BCUT2D eigenvalue weighted by Gasteiger charge is -2.59. The van der Waals surface area contributed by atoms with Crippen LogP contribution >= 0.6 is 0 Å². The molecule has 4 aliphatic rings. The van der Waals surface area contributed by atoms with Crippen LogP contribution in [0.5, 0.6) is 0 Å². The number of nitrogens with zero attached hydrogens (tertiary/aromatic N) is 1. The Hall–Kier alpha value is -3.28. The summed E-state index contributed by atoms with van der Waals surface area (Å²) in [7, 11) is 0.